The summed E-state index contributed by atoms with van der Waals surface area (Å²) in [5.41, 5.74) is 8.12. The van der Waals surface area contributed by atoms with E-state index in [1.54, 1.807) is 6.07 Å². The van der Waals surface area contributed by atoms with Gasteiger partial charge in [-0.2, -0.15) is 0 Å². The van der Waals surface area contributed by atoms with Crippen LogP contribution >= 0.6 is 0 Å². The first-order valence-corrected chi connectivity index (χ1v) is 9.03. The smallest absolute Gasteiger partial charge is 0.146 e. The summed E-state index contributed by atoms with van der Waals surface area (Å²) in [7, 11) is 0. The Hall–Kier alpha value is -3.54. The molecule has 0 aliphatic heterocycles. The Labute approximate surface area is 163 Å². The molecular formula is C22H22N4O2. The van der Waals surface area contributed by atoms with Gasteiger partial charge in [-0.3, -0.25) is 0 Å². The van der Waals surface area contributed by atoms with Gasteiger partial charge in [-0.25, -0.2) is 9.97 Å². The number of nitrogen functional groups attached to an aromatic ring is 1. The molecule has 0 fully saturated rings. The molecule has 0 radical (unpaired) electrons. The SMILES string of the molecule is CC(C)(C)n1cc(-c2ccc(Oc3ccccc3)cc2O)c2c(N)ncnc21. The van der Waals surface area contributed by atoms with E-state index in [9.17, 15) is 5.11 Å². The highest BCUT2D eigenvalue weighted by Gasteiger charge is 2.23. The van der Waals surface area contributed by atoms with Crippen molar-refractivity contribution in [3.63, 3.8) is 0 Å². The van der Waals surface area contributed by atoms with E-state index in [0.29, 0.717) is 22.9 Å². The van der Waals surface area contributed by atoms with Gasteiger partial charge in [0, 0.05) is 28.9 Å². The second kappa shape index (κ2) is 6.56. The lowest BCUT2D eigenvalue weighted by Gasteiger charge is -2.21. The number of nitrogens with two attached hydrogens (primary N) is 1. The molecule has 4 rings (SSSR count). The van der Waals surface area contributed by atoms with Crippen LogP contribution in [-0.4, -0.2) is 19.6 Å². The predicted molar refractivity (Wildman–Crippen MR) is 111 cm³/mol. The van der Waals surface area contributed by atoms with Crippen molar-refractivity contribution in [3.05, 3.63) is 61.1 Å². The quantitative estimate of drug-likeness (QED) is 0.531. The minimum atomic E-state index is -0.205. The zero-order valence-corrected chi connectivity index (χ0v) is 16.0. The topological polar surface area (TPSA) is 86.2 Å². The van der Waals surface area contributed by atoms with E-state index >= 15 is 0 Å². The number of nitrogens with zero attached hydrogens (tertiary/aromatic N) is 3. The summed E-state index contributed by atoms with van der Waals surface area (Å²) in [6, 6.07) is 14.7. The van der Waals surface area contributed by atoms with Gasteiger partial charge in [-0.15, -0.1) is 0 Å². The summed E-state index contributed by atoms with van der Waals surface area (Å²) < 4.78 is 7.85. The molecule has 0 saturated carbocycles. The summed E-state index contributed by atoms with van der Waals surface area (Å²) in [6.45, 7) is 6.27. The lowest BCUT2D eigenvalue weighted by atomic mass is 10.0. The largest absolute Gasteiger partial charge is 0.507 e. The fourth-order valence-corrected chi connectivity index (χ4v) is 3.23. The number of para-hydroxylation sites is 1. The van der Waals surface area contributed by atoms with Crippen LogP contribution in [-0.2, 0) is 5.54 Å². The van der Waals surface area contributed by atoms with Gasteiger partial charge >= 0.3 is 0 Å². The number of ether oxygens (including phenoxy) is 1. The number of phenols is 1. The standard InChI is InChI=1S/C22H22N4O2/c1-22(2,3)26-12-17(19-20(23)24-13-25-21(19)26)16-10-9-15(11-18(16)27)28-14-7-5-4-6-8-14/h4-13,27H,1-3H3,(H2,23,24,25). The normalized spacial score (nSPS) is 11.7. The van der Waals surface area contributed by atoms with Crippen LogP contribution in [0.4, 0.5) is 5.82 Å². The maximum Gasteiger partial charge on any atom is 0.146 e. The van der Waals surface area contributed by atoms with Crippen molar-refractivity contribution in [2.24, 2.45) is 0 Å². The first kappa shape index (κ1) is 17.9. The zero-order valence-electron chi connectivity index (χ0n) is 16.0. The van der Waals surface area contributed by atoms with Gasteiger partial charge in [0.2, 0.25) is 0 Å². The van der Waals surface area contributed by atoms with E-state index in [2.05, 4.69) is 30.7 Å². The molecule has 142 valence electrons. The highest BCUT2D eigenvalue weighted by Crippen LogP contribution is 2.40. The Balaban J connectivity index is 1.82. The number of hydrogen-bond acceptors (Lipinski definition) is 5. The summed E-state index contributed by atoms with van der Waals surface area (Å²) >= 11 is 0. The van der Waals surface area contributed by atoms with Crippen molar-refractivity contribution in [1.29, 1.82) is 0 Å². The number of phenolic OH excluding ortho intramolecular Hbond substituents is 1. The fraction of sp³-hybridized carbons (Fsp3) is 0.182. The molecule has 0 atom stereocenters. The first-order chi connectivity index (χ1) is 13.3. The molecule has 6 nitrogen and oxygen atoms in total. The van der Waals surface area contributed by atoms with Gasteiger partial charge in [-0.05, 0) is 45.0 Å². The molecule has 2 heterocycles. The van der Waals surface area contributed by atoms with E-state index in [1.165, 1.54) is 6.33 Å². The van der Waals surface area contributed by atoms with Crippen LogP contribution in [0.15, 0.2) is 61.1 Å². The molecule has 2 aromatic carbocycles. The minimum Gasteiger partial charge on any atom is -0.507 e. The summed E-state index contributed by atoms with van der Waals surface area (Å²) in [6.07, 6.45) is 3.42. The Morgan fingerprint density at radius 2 is 1.71 bits per heavy atom. The van der Waals surface area contributed by atoms with E-state index in [4.69, 9.17) is 10.5 Å². The molecule has 0 bridgehead atoms. The van der Waals surface area contributed by atoms with Crippen LogP contribution in [0, 0.1) is 0 Å². The molecule has 28 heavy (non-hydrogen) atoms. The average molecular weight is 374 g/mol. The number of hydrogen-bond donors (Lipinski definition) is 2. The van der Waals surface area contributed by atoms with Crippen molar-refractivity contribution in [3.8, 4) is 28.4 Å². The predicted octanol–water partition coefficient (Wildman–Crippen LogP) is 4.93. The molecule has 0 spiro atoms. The molecule has 0 saturated heterocycles. The fourth-order valence-electron chi connectivity index (χ4n) is 3.23. The molecular weight excluding hydrogens is 352 g/mol. The third-order valence-corrected chi connectivity index (χ3v) is 4.57. The minimum absolute atomic E-state index is 0.102. The van der Waals surface area contributed by atoms with Crippen LogP contribution in [0.1, 0.15) is 20.8 Å². The lowest BCUT2D eigenvalue weighted by Crippen LogP contribution is -2.21. The molecule has 0 amide bonds. The van der Waals surface area contributed by atoms with Gasteiger partial charge in [-0.1, -0.05) is 18.2 Å². The van der Waals surface area contributed by atoms with Gasteiger partial charge in [0.25, 0.3) is 0 Å². The summed E-state index contributed by atoms with van der Waals surface area (Å²) in [5.74, 6) is 1.74. The Morgan fingerprint density at radius 1 is 0.964 bits per heavy atom. The third kappa shape index (κ3) is 3.13. The van der Waals surface area contributed by atoms with Crippen LogP contribution in [0.5, 0.6) is 17.2 Å². The Bertz CT molecular complexity index is 1140. The van der Waals surface area contributed by atoms with Crippen LogP contribution in [0.2, 0.25) is 0 Å². The zero-order chi connectivity index (χ0) is 19.9. The third-order valence-electron chi connectivity index (χ3n) is 4.57. The van der Waals surface area contributed by atoms with Gasteiger partial charge in [0.15, 0.2) is 0 Å². The van der Waals surface area contributed by atoms with Crippen LogP contribution in [0.3, 0.4) is 0 Å². The summed E-state index contributed by atoms with van der Waals surface area (Å²) in [4.78, 5) is 8.56. The average Bonchev–Trinajstić information content (AvgIpc) is 3.04. The van der Waals surface area contributed by atoms with Crippen molar-refractivity contribution in [1.82, 2.24) is 14.5 Å². The van der Waals surface area contributed by atoms with E-state index < -0.39 is 0 Å². The molecule has 3 N–H and O–H groups in total. The summed E-state index contributed by atoms with van der Waals surface area (Å²) in [5, 5.41) is 11.4. The molecule has 2 aromatic heterocycles. The van der Waals surface area contributed by atoms with Gasteiger partial charge in [0.05, 0.1) is 5.39 Å². The number of fused-ring (bicyclic) bond motifs is 1. The van der Waals surface area contributed by atoms with E-state index in [-0.39, 0.29) is 11.3 Å². The van der Waals surface area contributed by atoms with E-state index in [1.807, 2.05) is 53.2 Å². The molecule has 0 unspecified atom stereocenters. The number of anilines is 1. The van der Waals surface area contributed by atoms with Crippen molar-refractivity contribution in [2.75, 3.05) is 5.73 Å². The van der Waals surface area contributed by atoms with Gasteiger partial charge < -0.3 is 20.1 Å². The van der Waals surface area contributed by atoms with Gasteiger partial charge in [0.1, 0.15) is 35.0 Å². The molecule has 0 aliphatic rings. The highest BCUT2D eigenvalue weighted by atomic mass is 16.5. The number of rotatable bonds is 3. The molecule has 4 aromatic rings. The molecule has 6 heteroatoms. The Morgan fingerprint density at radius 3 is 2.39 bits per heavy atom. The van der Waals surface area contributed by atoms with Crippen molar-refractivity contribution >= 4 is 16.9 Å². The maximum atomic E-state index is 10.7. The van der Waals surface area contributed by atoms with Crippen LogP contribution in [0.25, 0.3) is 22.2 Å². The number of benzene rings is 2. The molecule has 0 aliphatic carbocycles. The van der Waals surface area contributed by atoms with Crippen molar-refractivity contribution < 1.29 is 9.84 Å². The number of aromatic nitrogens is 3. The van der Waals surface area contributed by atoms with E-state index in [0.717, 1.165) is 16.6 Å². The lowest BCUT2D eigenvalue weighted by molar-refractivity contribution is 0.408. The monoisotopic (exact) mass is 374 g/mol. The second-order valence-electron chi connectivity index (χ2n) is 7.64. The number of aromatic hydroxyl groups is 1. The first-order valence-electron chi connectivity index (χ1n) is 9.03. The second-order valence-corrected chi connectivity index (χ2v) is 7.64. The Kier molecular flexibility index (Phi) is 4.19. The highest BCUT2D eigenvalue weighted by molar-refractivity contribution is 6.01. The van der Waals surface area contributed by atoms with Crippen LogP contribution < -0.4 is 10.5 Å². The van der Waals surface area contributed by atoms with Crippen molar-refractivity contribution in [2.45, 2.75) is 26.3 Å². The maximum absolute atomic E-state index is 10.7.